The van der Waals surface area contributed by atoms with Gasteiger partial charge in [0, 0.05) is 12.0 Å². The number of hydrogen-bond acceptors (Lipinski definition) is 7. The average molecular weight is 413 g/mol. The molecule has 1 atom stereocenters. The monoisotopic (exact) mass is 413 g/mol. The summed E-state index contributed by atoms with van der Waals surface area (Å²) in [4.78, 5) is 37.2. The summed E-state index contributed by atoms with van der Waals surface area (Å²) >= 11 is 0. The fourth-order valence-corrected chi connectivity index (χ4v) is 3.41. The number of carboxylic acids is 1. The number of carbonyl (C=O) groups is 3. The first-order chi connectivity index (χ1) is 14.3. The highest BCUT2D eigenvalue weighted by Gasteiger charge is 2.31. The quantitative estimate of drug-likeness (QED) is 0.245. The molecule has 2 heterocycles. The third-order valence-electron chi connectivity index (χ3n) is 4.92. The van der Waals surface area contributed by atoms with Crippen LogP contribution < -0.4 is 10.5 Å². The Morgan fingerprint density at radius 2 is 1.90 bits per heavy atom. The van der Waals surface area contributed by atoms with Crippen LogP contribution in [0.15, 0.2) is 40.8 Å². The Hall–Kier alpha value is -3.46. The summed E-state index contributed by atoms with van der Waals surface area (Å²) in [6.07, 6.45) is 1.36. The molecule has 0 radical (unpaired) electrons. The number of benzene rings is 1. The second-order valence-electron chi connectivity index (χ2n) is 7.08. The van der Waals surface area contributed by atoms with Crippen LogP contribution in [0.2, 0.25) is 0 Å². The maximum Gasteiger partial charge on any atom is 0.379 e. The van der Waals surface area contributed by atoms with E-state index in [1.165, 1.54) is 18.2 Å². The van der Waals surface area contributed by atoms with Crippen LogP contribution >= 0.6 is 0 Å². The molecule has 9 nitrogen and oxygen atoms in total. The van der Waals surface area contributed by atoms with E-state index >= 15 is 0 Å². The van der Waals surface area contributed by atoms with Crippen molar-refractivity contribution in [3.63, 3.8) is 0 Å². The normalized spacial score (nSPS) is 16.3. The van der Waals surface area contributed by atoms with E-state index < -0.39 is 11.9 Å². The summed E-state index contributed by atoms with van der Waals surface area (Å²) in [6.45, 7) is 1.05. The Bertz CT molecular complexity index is 950. The molecule has 1 aromatic carbocycles. The van der Waals surface area contributed by atoms with Crippen molar-refractivity contribution in [3.05, 3.63) is 53.5 Å². The number of Topliss-reactive ketones (excluding diaryl/α,β-unsaturated/α-hetero) is 1. The van der Waals surface area contributed by atoms with E-state index in [1.54, 1.807) is 18.2 Å². The fraction of sp³-hybridized carbons (Fsp3) is 0.333. The van der Waals surface area contributed by atoms with E-state index in [1.807, 2.05) is 4.90 Å². The summed E-state index contributed by atoms with van der Waals surface area (Å²) in [5.41, 5.74) is 5.92. The van der Waals surface area contributed by atoms with Gasteiger partial charge in [0.1, 0.15) is 17.3 Å². The van der Waals surface area contributed by atoms with Crippen LogP contribution in [0.3, 0.4) is 0 Å². The number of ether oxygens (including phenoxy) is 1. The third-order valence-corrected chi connectivity index (χ3v) is 4.92. The average Bonchev–Trinajstić information content (AvgIpc) is 3.36. The lowest BCUT2D eigenvalue weighted by molar-refractivity contribution is -0.139. The lowest BCUT2D eigenvalue weighted by Gasteiger charge is -2.22. The van der Waals surface area contributed by atoms with Gasteiger partial charge in [-0.05, 0) is 55.8 Å². The Morgan fingerprint density at radius 3 is 2.57 bits per heavy atom. The van der Waals surface area contributed by atoms with Gasteiger partial charge in [0.25, 0.3) is 0 Å². The molecule has 1 aliphatic rings. The van der Waals surface area contributed by atoms with E-state index in [9.17, 15) is 14.4 Å². The smallest absolute Gasteiger partial charge is 0.379 e. The predicted molar refractivity (Wildman–Crippen MR) is 106 cm³/mol. The van der Waals surface area contributed by atoms with Crippen molar-refractivity contribution in [3.8, 4) is 5.75 Å². The molecule has 4 N–H and O–H groups in total. The molecule has 1 aromatic heterocycles. The van der Waals surface area contributed by atoms with E-state index in [0.717, 1.165) is 6.42 Å². The molecule has 30 heavy (non-hydrogen) atoms. The number of likely N-dealkylation sites (tertiary alicyclic amines) is 1. The first-order valence-corrected chi connectivity index (χ1v) is 9.57. The number of hydrogen-bond donors (Lipinski definition) is 3. The number of ketones is 1. The molecule has 3 rings (SSSR count). The SMILES string of the molecule is N=C(N)c1ccc(OC(=O)c2ccc(CN3CCC[C@H]3C(=O)CCC(=O)O)o2)cc1. The molecule has 1 aliphatic heterocycles. The van der Waals surface area contributed by atoms with Gasteiger partial charge >= 0.3 is 11.9 Å². The molecule has 2 aromatic rings. The van der Waals surface area contributed by atoms with Crippen LogP contribution in [0.5, 0.6) is 5.75 Å². The van der Waals surface area contributed by atoms with E-state index in [0.29, 0.717) is 36.6 Å². The van der Waals surface area contributed by atoms with Gasteiger partial charge in [0.15, 0.2) is 5.78 Å². The van der Waals surface area contributed by atoms with Gasteiger partial charge in [-0.25, -0.2) is 4.79 Å². The highest BCUT2D eigenvalue weighted by atomic mass is 16.5. The van der Waals surface area contributed by atoms with Crippen LogP contribution in [-0.4, -0.2) is 46.2 Å². The molecule has 9 heteroatoms. The zero-order valence-corrected chi connectivity index (χ0v) is 16.3. The maximum absolute atomic E-state index is 12.3. The largest absolute Gasteiger partial charge is 0.481 e. The number of carbonyl (C=O) groups excluding carboxylic acids is 2. The first kappa shape index (κ1) is 21.3. The van der Waals surface area contributed by atoms with Crippen molar-refractivity contribution >= 4 is 23.6 Å². The Labute approximate surface area is 172 Å². The van der Waals surface area contributed by atoms with E-state index in [-0.39, 0.29) is 36.3 Å². The van der Waals surface area contributed by atoms with Crippen LogP contribution in [-0.2, 0) is 16.1 Å². The van der Waals surface area contributed by atoms with Gasteiger partial charge in [-0.2, -0.15) is 0 Å². The van der Waals surface area contributed by atoms with E-state index in [4.69, 9.17) is 25.4 Å². The molecule has 0 spiro atoms. The number of nitrogens with one attached hydrogen (secondary N) is 1. The minimum atomic E-state index is -0.988. The number of nitrogen functional groups attached to an aromatic ring is 1. The number of nitrogens with zero attached hydrogens (tertiary/aromatic N) is 1. The zero-order chi connectivity index (χ0) is 21.7. The second kappa shape index (κ2) is 9.36. The Morgan fingerprint density at radius 1 is 1.17 bits per heavy atom. The number of rotatable bonds is 9. The predicted octanol–water partition coefficient (Wildman–Crippen LogP) is 2.18. The highest BCUT2D eigenvalue weighted by molar-refractivity contribution is 5.95. The Balaban J connectivity index is 1.58. The number of nitrogens with two attached hydrogens (primary N) is 1. The van der Waals surface area contributed by atoms with Gasteiger partial charge < -0.3 is 20.0 Å². The minimum absolute atomic E-state index is 0.00858. The Kier molecular flexibility index (Phi) is 6.63. The van der Waals surface area contributed by atoms with Crippen LogP contribution in [0.4, 0.5) is 0 Å². The molecule has 0 unspecified atom stereocenters. The molecular formula is C21H23N3O6. The summed E-state index contributed by atoms with van der Waals surface area (Å²) in [5.74, 6) is -0.961. The zero-order valence-electron chi connectivity index (χ0n) is 16.3. The number of amidine groups is 1. The second-order valence-corrected chi connectivity index (χ2v) is 7.08. The molecule has 1 fully saturated rings. The number of furan rings is 1. The van der Waals surface area contributed by atoms with Gasteiger partial charge in [-0.15, -0.1) is 0 Å². The summed E-state index contributed by atoms with van der Waals surface area (Å²) < 4.78 is 10.9. The minimum Gasteiger partial charge on any atom is -0.481 e. The topological polar surface area (TPSA) is 147 Å². The fourth-order valence-electron chi connectivity index (χ4n) is 3.41. The molecule has 0 aliphatic carbocycles. The van der Waals surface area contributed by atoms with Crippen LogP contribution in [0.1, 0.15) is 47.6 Å². The first-order valence-electron chi connectivity index (χ1n) is 9.57. The third kappa shape index (κ3) is 5.32. The molecular weight excluding hydrogens is 390 g/mol. The summed E-state index contributed by atoms with van der Waals surface area (Å²) in [7, 11) is 0. The summed E-state index contributed by atoms with van der Waals surface area (Å²) in [6, 6.07) is 9.07. The standard InChI is InChI=1S/C21H23N3O6/c22-20(23)13-3-5-14(6-4-13)30-21(28)18-9-7-15(29-18)12-24-11-1-2-16(24)17(25)8-10-19(26)27/h3-7,9,16H,1-2,8,10-12H2,(H3,22,23)(H,26,27)/t16-/m0/s1. The van der Waals surface area contributed by atoms with Crippen molar-refractivity contribution in [2.24, 2.45) is 5.73 Å². The van der Waals surface area contributed by atoms with Crippen molar-refractivity contribution in [2.75, 3.05) is 6.54 Å². The van der Waals surface area contributed by atoms with E-state index in [2.05, 4.69) is 0 Å². The lowest BCUT2D eigenvalue weighted by Crippen LogP contribution is -2.35. The molecule has 0 bridgehead atoms. The van der Waals surface area contributed by atoms with Gasteiger partial charge in [-0.1, -0.05) is 0 Å². The molecule has 158 valence electrons. The van der Waals surface area contributed by atoms with Crippen molar-refractivity contribution in [1.82, 2.24) is 4.90 Å². The highest BCUT2D eigenvalue weighted by Crippen LogP contribution is 2.23. The van der Waals surface area contributed by atoms with Gasteiger partial charge in [0.2, 0.25) is 5.76 Å². The maximum atomic E-state index is 12.3. The molecule has 0 saturated carbocycles. The van der Waals surface area contributed by atoms with Crippen molar-refractivity contribution in [2.45, 2.75) is 38.3 Å². The molecule has 1 saturated heterocycles. The van der Waals surface area contributed by atoms with Crippen molar-refractivity contribution in [1.29, 1.82) is 5.41 Å². The van der Waals surface area contributed by atoms with Crippen molar-refractivity contribution < 1.29 is 28.6 Å². The number of aliphatic carboxylic acids is 1. The number of carboxylic acid groups (broad SMARTS) is 1. The summed E-state index contributed by atoms with van der Waals surface area (Å²) in [5, 5.41) is 16.1. The molecule has 0 amide bonds. The van der Waals surface area contributed by atoms with Crippen LogP contribution in [0.25, 0.3) is 0 Å². The van der Waals surface area contributed by atoms with Gasteiger partial charge in [-0.3, -0.25) is 19.9 Å². The number of esters is 1. The lowest BCUT2D eigenvalue weighted by atomic mass is 10.1. The van der Waals surface area contributed by atoms with Gasteiger partial charge in [0.05, 0.1) is 19.0 Å². The van der Waals surface area contributed by atoms with Crippen LogP contribution in [0, 0.1) is 5.41 Å².